The molecule has 2 atom stereocenters. The van der Waals surface area contributed by atoms with E-state index in [1.165, 1.54) is 6.42 Å². The lowest BCUT2D eigenvalue weighted by atomic mass is 10.0. The van der Waals surface area contributed by atoms with E-state index in [1.807, 2.05) is 4.90 Å². The topological polar surface area (TPSA) is 90.9 Å². The number of piperidine rings is 1. The summed E-state index contributed by atoms with van der Waals surface area (Å²) in [6.07, 6.45) is 4.40. The van der Waals surface area contributed by atoms with Gasteiger partial charge in [0.15, 0.2) is 15.8 Å². The standard InChI is InChI=1S/C15H28N4O3S/c1-12-5-3-4-9-19(12)14(20)6-8-17-15(16-2)18-13-7-10-23(21,22)11-13/h12-13H,3-11H2,1-2H3,(H2,16,17,18). The van der Waals surface area contributed by atoms with Gasteiger partial charge >= 0.3 is 0 Å². The van der Waals surface area contributed by atoms with Gasteiger partial charge in [0, 0.05) is 38.6 Å². The number of likely N-dealkylation sites (tertiary alicyclic amines) is 1. The molecule has 0 aromatic rings. The summed E-state index contributed by atoms with van der Waals surface area (Å²) >= 11 is 0. The lowest BCUT2D eigenvalue weighted by Gasteiger charge is -2.33. The molecule has 2 unspecified atom stereocenters. The van der Waals surface area contributed by atoms with Gasteiger partial charge in [-0.2, -0.15) is 0 Å². The molecule has 0 saturated carbocycles. The first-order valence-electron chi connectivity index (χ1n) is 8.38. The number of hydrogen-bond acceptors (Lipinski definition) is 4. The minimum absolute atomic E-state index is 0.0935. The molecule has 0 spiro atoms. The lowest BCUT2D eigenvalue weighted by Crippen LogP contribution is -2.46. The molecular weight excluding hydrogens is 316 g/mol. The SMILES string of the molecule is CN=C(NCCC(=O)N1CCCCC1C)NC1CCS(=O)(=O)C1. The summed E-state index contributed by atoms with van der Waals surface area (Å²) in [6.45, 7) is 3.46. The van der Waals surface area contributed by atoms with Crippen LogP contribution in [0.5, 0.6) is 0 Å². The van der Waals surface area contributed by atoms with Gasteiger partial charge in [0.2, 0.25) is 5.91 Å². The predicted molar refractivity (Wildman–Crippen MR) is 91.2 cm³/mol. The van der Waals surface area contributed by atoms with E-state index in [1.54, 1.807) is 7.05 Å². The van der Waals surface area contributed by atoms with Crippen LogP contribution in [0.25, 0.3) is 0 Å². The highest BCUT2D eigenvalue weighted by Gasteiger charge is 2.28. The van der Waals surface area contributed by atoms with Crippen LogP contribution in [0.15, 0.2) is 4.99 Å². The van der Waals surface area contributed by atoms with Gasteiger partial charge in [-0.15, -0.1) is 0 Å². The van der Waals surface area contributed by atoms with Crippen LogP contribution in [-0.4, -0.2) is 68.9 Å². The van der Waals surface area contributed by atoms with E-state index in [0.717, 1.165) is 19.4 Å². The second kappa shape index (κ2) is 7.99. The van der Waals surface area contributed by atoms with Crippen molar-refractivity contribution in [2.24, 2.45) is 4.99 Å². The Morgan fingerprint density at radius 2 is 2.09 bits per heavy atom. The van der Waals surface area contributed by atoms with Gasteiger partial charge in [-0.25, -0.2) is 8.42 Å². The highest BCUT2D eigenvalue weighted by atomic mass is 32.2. The maximum Gasteiger partial charge on any atom is 0.224 e. The van der Waals surface area contributed by atoms with Crippen molar-refractivity contribution in [3.05, 3.63) is 0 Å². The van der Waals surface area contributed by atoms with Gasteiger partial charge in [0.25, 0.3) is 0 Å². The number of amides is 1. The average Bonchev–Trinajstić information content (AvgIpc) is 2.85. The van der Waals surface area contributed by atoms with Crippen LogP contribution in [0.1, 0.15) is 39.0 Å². The number of guanidine groups is 1. The molecule has 2 aliphatic heterocycles. The Bertz CT molecular complexity index is 547. The smallest absolute Gasteiger partial charge is 0.224 e. The largest absolute Gasteiger partial charge is 0.356 e. The Hall–Kier alpha value is -1.31. The van der Waals surface area contributed by atoms with Crippen molar-refractivity contribution in [2.75, 3.05) is 31.6 Å². The fourth-order valence-corrected chi connectivity index (χ4v) is 4.87. The summed E-state index contributed by atoms with van der Waals surface area (Å²) in [6, 6.07) is 0.237. The van der Waals surface area contributed by atoms with Gasteiger partial charge < -0.3 is 15.5 Å². The summed E-state index contributed by atoms with van der Waals surface area (Å²) in [5.41, 5.74) is 0. The Labute approximate surface area is 138 Å². The summed E-state index contributed by atoms with van der Waals surface area (Å²) < 4.78 is 22.9. The Morgan fingerprint density at radius 1 is 1.30 bits per heavy atom. The molecule has 2 heterocycles. The predicted octanol–water partition coefficient (Wildman–Crippen LogP) is 0.130. The maximum absolute atomic E-state index is 12.3. The van der Waals surface area contributed by atoms with Crippen LogP contribution in [0, 0.1) is 0 Å². The van der Waals surface area contributed by atoms with Crippen LogP contribution in [-0.2, 0) is 14.6 Å². The maximum atomic E-state index is 12.3. The number of rotatable bonds is 4. The molecule has 2 saturated heterocycles. The van der Waals surface area contributed by atoms with Gasteiger partial charge in [0.1, 0.15) is 0 Å². The Morgan fingerprint density at radius 3 is 2.70 bits per heavy atom. The number of carbonyl (C=O) groups excluding carboxylic acids is 1. The van der Waals surface area contributed by atoms with Crippen molar-refractivity contribution < 1.29 is 13.2 Å². The van der Waals surface area contributed by atoms with E-state index in [9.17, 15) is 13.2 Å². The lowest BCUT2D eigenvalue weighted by molar-refractivity contribution is -0.134. The molecule has 0 bridgehead atoms. The third-order valence-electron chi connectivity index (χ3n) is 4.55. The van der Waals surface area contributed by atoms with Crippen LogP contribution in [0.4, 0.5) is 0 Å². The van der Waals surface area contributed by atoms with E-state index in [2.05, 4.69) is 22.5 Å². The number of carbonyl (C=O) groups is 1. The van der Waals surface area contributed by atoms with Crippen LogP contribution >= 0.6 is 0 Å². The van der Waals surface area contributed by atoms with Crippen LogP contribution in [0.3, 0.4) is 0 Å². The highest BCUT2D eigenvalue weighted by Crippen LogP contribution is 2.17. The van der Waals surface area contributed by atoms with Crippen molar-refractivity contribution >= 4 is 21.7 Å². The van der Waals surface area contributed by atoms with E-state index >= 15 is 0 Å². The fourth-order valence-electron chi connectivity index (χ4n) is 3.20. The second-order valence-electron chi connectivity index (χ2n) is 6.43. The molecule has 2 fully saturated rings. The summed E-state index contributed by atoms with van der Waals surface area (Å²) in [4.78, 5) is 18.3. The molecule has 2 N–H and O–H groups in total. The van der Waals surface area contributed by atoms with E-state index in [4.69, 9.17) is 0 Å². The van der Waals surface area contributed by atoms with Crippen LogP contribution < -0.4 is 10.6 Å². The molecule has 8 heteroatoms. The summed E-state index contributed by atoms with van der Waals surface area (Å²) in [5, 5.41) is 6.22. The van der Waals surface area contributed by atoms with Crippen molar-refractivity contribution in [2.45, 2.75) is 51.1 Å². The monoisotopic (exact) mass is 344 g/mol. The number of hydrogen-bond donors (Lipinski definition) is 2. The molecule has 1 amide bonds. The highest BCUT2D eigenvalue weighted by molar-refractivity contribution is 7.91. The quantitative estimate of drug-likeness (QED) is 0.559. The van der Waals surface area contributed by atoms with Crippen molar-refractivity contribution in [1.82, 2.24) is 15.5 Å². The van der Waals surface area contributed by atoms with Crippen molar-refractivity contribution in [3.63, 3.8) is 0 Å². The normalized spacial score (nSPS) is 27.7. The first-order valence-corrected chi connectivity index (χ1v) is 10.2. The third-order valence-corrected chi connectivity index (χ3v) is 6.32. The third kappa shape index (κ3) is 5.37. The zero-order chi connectivity index (χ0) is 16.9. The minimum Gasteiger partial charge on any atom is -0.356 e. The zero-order valence-electron chi connectivity index (χ0n) is 14.0. The number of nitrogens with zero attached hydrogens (tertiary/aromatic N) is 2. The molecule has 23 heavy (non-hydrogen) atoms. The van der Waals surface area contributed by atoms with Crippen molar-refractivity contribution in [3.8, 4) is 0 Å². The molecule has 0 aromatic heterocycles. The fraction of sp³-hybridized carbons (Fsp3) is 0.867. The van der Waals surface area contributed by atoms with Gasteiger partial charge in [-0.05, 0) is 32.6 Å². The molecule has 0 aliphatic carbocycles. The van der Waals surface area contributed by atoms with Crippen LogP contribution in [0.2, 0.25) is 0 Å². The number of aliphatic imine (C=N–C) groups is 1. The van der Waals surface area contributed by atoms with Crippen molar-refractivity contribution in [1.29, 1.82) is 0 Å². The first-order chi connectivity index (χ1) is 10.9. The van der Waals surface area contributed by atoms with E-state index in [-0.39, 0.29) is 23.5 Å². The van der Waals surface area contributed by atoms with Gasteiger partial charge in [0.05, 0.1) is 11.5 Å². The Balaban J connectivity index is 1.72. The van der Waals surface area contributed by atoms with Gasteiger partial charge in [-0.3, -0.25) is 9.79 Å². The molecule has 2 aliphatic rings. The molecule has 132 valence electrons. The molecular formula is C15H28N4O3S. The molecule has 7 nitrogen and oxygen atoms in total. The molecule has 0 aromatic carbocycles. The van der Waals surface area contributed by atoms with E-state index in [0.29, 0.717) is 31.4 Å². The van der Waals surface area contributed by atoms with E-state index < -0.39 is 9.84 Å². The molecule has 0 radical (unpaired) electrons. The average molecular weight is 344 g/mol. The minimum atomic E-state index is -2.91. The summed E-state index contributed by atoms with van der Waals surface area (Å²) in [5.74, 6) is 1.11. The molecule has 2 rings (SSSR count). The zero-order valence-corrected chi connectivity index (χ0v) is 14.9. The first kappa shape index (κ1) is 18.0. The summed E-state index contributed by atoms with van der Waals surface area (Å²) in [7, 11) is -1.26. The van der Waals surface area contributed by atoms with Gasteiger partial charge in [-0.1, -0.05) is 0 Å². The number of sulfone groups is 1. The second-order valence-corrected chi connectivity index (χ2v) is 8.65. The Kier molecular flexibility index (Phi) is 6.26. The number of nitrogens with one attached hydrogen (secondary N) is 2.